The summed E-state index contributed by atoms with van der Waals surface area (Å²) >= 11 is 0. The van der Waals surface area contributed by atoms with Gasteiger partial charge in [0, 0.05) is 18.3 Å². The lowest BCUT2D eigenvalue weighted by atomic mass is 9.85. The minimum atomic E-state index is -0.758. The van der Waals surface area contributed by atoms with Gasteiger partial charge in [0.2, 0.25) is 17.7 Å². The molecule has 3 aliphatic heterocycles. The zero-order valence-electron chi connectivity index (χ0n) is 26.0. The number of piperidine rings is 2. The van der Waals surface area contributed by atoms with Crippen LogP contribution in [0.1, 0.15) is 117 Å². The van der Waals surface area contributed by atoms with Gasteiger partial charge in [0.25, 0.3) is 17.7 Å². The van der Waals surface area contributed by atoms with E-state index in [4.69, 9.17) is 0 Å². The number of nitrogens with zero attached hydrogens (tertiary/aromatic N) is 2. The Morgan fingerprint density at radius 3 is 2.02 bits per heavy atom. The predicted molar refractivity (Wildman–Crippen MR) is 169 cm³/mol. The number of carbonyl (C=O) groups is 6. The van der Waals surface area contributed by atoms with Crippen LogP contribution in [0.15, 0.2) is 48.8 Å². The maximum atomic E-state index is 12.7. The molecule has 45 heavy (non-hydrogen) atoms. The average Bonchev–Trinajstić information content (AvgIpc) is 3.19. The highest BCUT2D eigenvalue weighted by atomic mass is 16.2. The van der Waals surface area contributed by atoms with Crippen LogP contribution in [0.2, 0.25) is 0 Å². The van der Waals surface area contributed by atoms with E-state index in [0.29, 0.717) is 36.1 Å². The fraction of sp³-hybridized carbons (Fsp3) is 0.441. The van der Waals surface area contributed by atoms with Crippen molar-refractivity contribution in [2.45, 2.75) is 97.6 Å². The van der Waals surface area contributed by atoms with Crippen molar-refractivity contribution in [3.05, 3.63) is 76.8 Å². The molecular weight excluding hydrogens is 574 g/mol. The van der Waals surface area contributed by atoms with Crippen LogP contribution < -0.4 is 16.0 Å². The average molecular weight is 618 g/mol. The fourth-order valence-corrected chi connectivity index (χ4v) is 5.05. The van der Waals surface area contributed by atoms with Crippen LogP contribution in [0.25, 0.3) is 0 Å². The number of imide groups is 2. The third kappa shape index (κ3) is 7.71. The molecule has 3 aliphatic rings. The number of hydrogen-bond donors (Lipinski definition) is 3. The number of aromatic nitrogens is 1. The molecule has 2 aromatic rings. The first-order valence-electron chi connectivity index (χ1n) is 14.6. The first-order chi connectivity index (χ1) is 20.5. The van der Waals surface area contributed by atoms with Crippen LogP contribution in [0.5, 0.6) is 0 Å². The number of carbonyl (C=O) groups excluding carboxylic acids is 6. The molecule has 2 atom stereocenters. The van der Waals surface area contributed by atoms with Gasteiger partial charge in [-0.15, -0.1) is 0 Å². The second-order valence-corrected chi connectivity index (χ2v) is 13.3. The summed E-state index contributed by atoms with van der Waals surface area (Å²) in [5.74, 6) is -2.30. The van der Waals surface area contributed by atoms with E-state index in [2.05, 4.69) is 48.3 Å². The van der Waals surface area contributed by atoms with Crippen LogP contribution in [0.3, 0.4) is 0 Å². The van der Waals surface area contributed by atoms with Crippen molar-refractivity contribution >= 4 is 35.4 Å². The predicted octanol–water partition coefficient (Wildman–Crippen LogP) is 3.92. The number of allylic oxidation sites excluding steroid dienone is 1. The SMILES string of the molecule is C.C=C1CCC(N2C(=O)c3ccc(C(C)(C)C)cc3C2=O)C(=O)N1.CC(C)(C)c1ccc(C(=O)NC2CCC(=O)NC2=O)nc1. The van der Waals surface area contributed by atoms with Gasteiger partial charge in [-0.3, -0.25) is 44.0 Å². The van der Waals surface area contributed by atoms with E-state index in [1.165, 1.54) is 0 Å². The molecule has 11 heteroatoms. The smallest absolute Gasteiger partial charge is 0.270 e. The summed E-state index contributed by atoms with van der Waals surface area (Å²) in [4.78, 5) is 77.4. The summed E-state index contributed by atoms with van der Waals surface area (Å²) in [6.07, 6.45) is 3.20. The third-order valence-electron chi connectivity index (χ3n) is 7.82. The highest BCUT2D eigenvalue weighted by molar-refractivity contribution is 6.23. The second kappa shape index (κ2) is 13.1. The monoisotopic (exact) mass is 617 g/mol. The van der Waals surface area contributed by atoms with E-state index >= 15 is 0 Å². The molecule has 1 aromatic heterocycles. The Hall–Kier alpha value is -4.67. The molecule has 2 fully saturated rings. The Bertz CT molecular complexity index is 1550. The third-order valence-corrected chi connectivity index (χ3v) is 7.82. The van der Waals surface area contributed by atoms with Gasteiger partial charge in [0.1, 0.15) is 17.8 Å². The van der Waals surface area contributed by atoms with Gasteiger partial charge in [0.15, 0.2) is 0 Å². The molecular formula is C34H43N5O6. The Labute approximate surface area is 264 Å². The van der Waals surface area contributed by atoms with Crippen LogP contribution in [-0.4, -0.2) is 57.4 Å². The highest BCUT2D eigenvalue weighted by Crippen LogP contribution is 2.32. The number of hydrogen-bond acceptors (Lipinski definition) is 7. The van der Waals surface area contributed by atoms with Crippen molar-refractivity contribution in [1.29, 1.82) is 0 Å². The Morgan fingerprint density at radius 2 is 1.47 bits per heavy atom. The van der Waals surface area contributed by atoms with Crippen LogP contribution in [-0.2, 0) is 25.2 Å². The number of fused-ring (bicyclic) bond motifs is 1. The van der Waals surface area contributed by atoms with Crippen molar-refractivity contribution in [2.24, 2.45) is 0 Å². The van der Waals surface area contributed by atoms with Gasteiger partial charge >= 0.3 is 0 Å². The zero-order chi connectivity index (χ0) is 32.6. The lowest BCUT2D eigenvalue weighted by Gasteiger charge is -2.29. The molecule has 0 bridgehead atoms. The molecule has 1 aromatic carbocycles. The van der Waals surface area contributed by atoms with E-state index in [0.717, 1.165) is 16.0 Å². The summed E-state index contributed by atoms with van der Waals surface area (Å²) in [6, 6.07) is 7.39. The molecule has 5 rings (SSSR count). The summed E-state index contributed by atoms with van der Waals surface area (Å²) in [7, 11) is 0. The molecule has 0 aliphatic carbocycles. The lowest BCUT2D eigenvalue weighted by molar-refractivity contribution is -0.134. The van der Waals surface area contributed by atoms with Gasteiger partial charge in [-0.2, -0.15) is 0 Å². The lowest BCUT2D eigenvalue weighted by Crippen LogP contribution is -2.52. The van der Waals surface area contributed by atoms with Crippen molar-refractivity contribution < 1.29 is 28.8 Å². The second-order valence-electron chi connectivity index (χ2n) is 13.3. The van der Waals surface area contributed by atoms with Gasteiger partial charge in [0.05, 0.1) is 11.1 Å². The standard InChI is InChI=1S/C18H20N2O3.C15H19N3O3.CH4/c1-10-5-8-14(15(21)19-10)20-16(22)12-7-6-11(18(2,3)4)9-13(12)17(20)23;1-15(2,3)9-4-5-10(16-8-9)13(20)17-11-6-7-12(19)18-14(11)21;/h6-7,9,14H,1,5,8H2,2-4H3,(H,19,21);4-5,8,11H,6-7H2,1-3H3,(H,17,20)(H,18,19,21);1H4. The molecule has 4 heterocycles. The van der Waals surface area contributed by atoms with Gasteiger partial charge in [-0.05, 0) is 59.4 Å². The molecule has 240 valence electrons. The maximum absolute atomic E-state index is 12.7. The summed E-state index contributed by atoms with van der Waals surface area (Å²) in [6.45, 7) is 16.1. The van der Waals surface area contributed by atoms with Crippen molar-refractivity contribution in [3.63, 3.8) is 0 Å². The molecule has 3 N–H and O–H groups in total. The largest absolute Gasteiger partial charge is 0.339 e. The molecule has 6 amide bonds. The van der Waals surface area contributed by atoms with E-state index in [-0.39, 0.29) is 48.1 Å². The zero-order valence-corrected chi connectivity index (χ0v) is 26.0. The maximum Gasteiger partial charge on any atom is 0.270 e. The van der Waals surface area contributed by atoms with Gasteiger partial charge in [-0.1, -0.05) is 67.7 Å². The van der Waals surface area contributed by atoms with E-state index in [1.54, 1.807) is 24.4 Å². The van der Waals surface area contributed by atoms with E-state index in [9.17, 15) is 28.8 Å². The van der Waals surface area contributed by atoms with Crippen molar-refractivity contribution in [3.8, 4) is 0 Å². The molecule has 2 unspecified atom stereocenters. The molecule has 0 saturated carbocycles. The number of amides is 6. The molecule has 2 saturated heterocycles. The minimum absolute atomic E-state index is 0. The van der Waals surface area contributed by atoms with Crippen molar-refractivity contribution in [1.82, 2.24) is 25.8 Å². The Morgan fingerprint density at radius 1 is 0.844 bits per heavy atom. The van der Waals surface area contributed by atoms with Crippen LogP contribution in [0, 0.1) is 0 Å². The van der Waals surface area contributed by atoms with Gasteiger partial charge < -0.3 is 10.6 Å². The minimum Gasteiger partial charge on any atom is -0.339 e. The van der Waals surface area contributed by atoms with Crippen molar-refractivity contribution in [2.75, 3.05) is 0 Å². The highest BCUT2D eigenvalue weighted by Gasteiger charge is 2.44. The number of nitrogens with one attached hydrogen (secondary N) is 3. The Balaban J connectivity index is 0.000000241. The normalized spacial score (nSPS) is 19.9. The summed E-state index contributed by atoms with van der Waals surface area (Å²) < 4.78 is 0. The summed E-state index contributed by atoms with van der Waals surface area (Å²) in [5, 5.41) is 7.43. The van der Waals surface area contributed by atoms with Crippen LogP contribution in [0.4, 0.5) is 0 Å². The topological polar surface area (TPSA) is 155 Å². The quantitative estimate of drug-likeness (QED) is 0.441. The Kier molecular flexibility index (Phi) is 10.2. The first kappa shape index (κ1) is 34.8. The van der Waals surface area contributed by atoms with Gasteiger partial charge in [-0.25, -0.2) is 0 Å². The molecule has 0 spiro atoms. The van der Waals surface area contributed by atoms with E-state index < -0.39 is 29.8 Å². The first-order valence-corrected chi connectivity index (χ1v) is 14.6. The molecule has 11 nitrogen and oxygen atoms in total. The number of pyridine rings is 1. The fourth-order valence-electron chi connectivity index (χ4n) is 5.05. The number of benzene rings is 1. The number of rotatable bonds is 3. The van der Waals surface area contributed by atoms with Crippen LogP contribution >= 0.6 is 0 Å². The molecule has 0 radical (unpaired) electrons. The van der Waals surface area contributed by atoms with E-state index in [1.807, 2.05) is 32.9 Å². The summed E-state index contributed by atoms with van der Waals surface area (Å²) in [5.41, 5.74) is 3.50.